The molecule has 1 aliphatic heterocycles. The highest BCUT2D eigenvalue weighted by molar-refractivity contribution is 5.62. The van der Waals surface area contributed by atoms with Crippen molar-refractivity contribution in [3.8, 4) is 0 Å². The summed E-state index contributed by atoms with van der Waals surface area (Å²) in [6.07, 6.45) is 0. The molecule has 0 spiro atoms. The molecule has 0 saturated carbocycles. The molecular weight excluding hydrogens is 219 g/mol. The van der Waals surface area contributed by atoms with Gasteiger partial charge in [-0.2, -0.15) is 0 Å². The molecule has 0 aromatic heterocycles. The van der Waals surface area contributed by atoms with Crippen molar-refractivity contribution >= 4 is 5.69 Å². The molecule has 2 unspecified atom stereocenters. The fraction of sp³-hybridized carbons (Fsp3) is 0.538. The lowest BCUT2D eigenvalue weighted by Gasteiger charge is -2.25. The fourth-order valence-electron chi connectivity index (χ4n) is 2.50. The smallest absolute Gasteiger partial charge is 0.146 e. The summed E-state index contributed by atoms with van der Waals surface area (Å²) in [6, 6.07) is 4.97. The molecule has 0 saturated heterocycles. The monoisotopic (exact) mass is 238 g/mol. The molecule has 0 amide bonds. The number of para-hydroxylation sites is 1. The number of hydrogen-bond donors (Lipinski definition) is 2. The van der Waals surface area contributed by atoms with E-state index in [1.807, 2.05) is 24.8 Å². The third kappa shape index (κ3) is 2.03. The SMILES string of the molecule is CC(C)N1CC(C(N)CO)c2cccc(F)c21. The topological polar surface area (TPSA) is 49.5 Å². The molecule has 4 heteroatoms. The summed E-state index contributed by atoms with van der Waals surface area (Å²) in [6.45, 7) is 4.66. The van der Waals surface area contributed by atoms with Crippen molar-refractivity contribution < 1.29 is 9.50 Å². The van der Waals surface area contributed by atoms with Crippen LogP contribution >= 0.6 is 0 Å². The predicted molar refractivity (Wildman–Crippen MR) is 66.7 cm³/mol. The van der Waals surface area contributed by atoms with E-state index < -0.39 is 0 Å². The Morgan fingerprint density at radius 3 is 2.82 bits per heavy atom. The van der Waals surface area contributed by atoms with Crippen molar-refractivity contribution in [2.24, 2.45) is 5.73 Å². The predicted octanol–water partition coefficient (Wildman–Crippen LogP) is 1.46. The second kappa shape index (κ2) is 4.63. The van der Waals surface area contributed by atoms with Gasteiger partial charge < -0.3 is 15.7 Å². The standard InChI is InChI=1S/C13H19FN2O/c1-8(2)16-6-10(12(15)7-17)9-4-3-5-11(14)13(9)16/h3-5,8,10,12,17H,6-7,15H2,1-2H3. The second-order valence-corrected chi connectivity index (χ2v) is 4.88. The summed E-state index contributed by atoms with van der Waals surface area (Å²) in [5.41, 5.74) is 7.47. The van der Waals surface area contributed by atoms with E-state index in [4.69, 9.17) is 5.73 Å². The van der Waals surface area contributed by atoms with Crippen LogP contribution in [-0.4, -0.2) is 30.3 Å². The minimum absolute atomic E-state index is 0.00750. The normalized spacial score (nSPS) is 20.8. The van der Waals surface area contributed by atoms with Crippen LogP contribution < -0.4 is 10.6 Å². The highest BCUT2D eigenvalue weighted by Gasteiger charge is 2.35. The number of anilines is 1. The Kier molecular flexibility index (Phi) is 3.35. The summed E-state index contributed by atoms with van der Waals surface area (Å²) >= 11 is 0. The third-order valence-electron chi connectivity index (χ3n) is 3.45. The lowest BCUT2D eigenvalue weighted by Crippen LogP contribution is -2.37. The van der Waals surface area contributed by atoms with E-state index >= 15 is 0 Å². The van der Waals surface area contributed by atoms with Crippen molar-refractivity contribution in [3.05, 3.63) is 29.6 Å². The molecule has 0 fully saturated rings. The Balaban J connectivity index is 2.44. The van der Waals surface area contributed by atoms with Crippen LogP contribution in [0.2, 0.25) is 0 Å². The van der Waals surface area contributed by atoms with Gasteiger partial charge in [-0.25, -0.2) is 4.39 Å². The van der Waals surface area contributed by atoms with Crippen LogP contribution in [-0.2, 0) is 0 Å². The van der Waals surface area contributed by atoms with Gasteiger partial charge >= 0.3 is 0 Å². The summed E-state index contributed by atoms with van der Waals surface area (Å²) < 4.78 is 13.9. The molecule has 0 bridgehead atoms. The van der Waals surface area contributed by atoms with E-state index in [2.05, 4.69) is 0 Å². The van der Waals surface area contributed by atoms with Crippen molar-refractivity contribution in [2.75, 3.05) is 18.1 Å². The summed E-state index contributed by atoms with van der Waals surface area (Å²) in [4.78, 5) is 2.02. The number of hydrogen-bond acceptors (Lipinski definition) is 3. The molecular formula is C13H19FN2O. The zero-order valence-electron chi connectivity index (χ0n) is 10.2. The van der Waals surface area contributed by atoms with Gasteiger partial charge in [0.25, 0.3) is 0 Å². The number of nitrogens with two attached hydrogens (primary N) is 1. The molecule has 17 heavy (non-hydrogen) atoms. The first kappa shape index (κ1) is 12.3. The molecule has 1 aromatic carbocycles. The Morgan fingerprint density at radius 1 is 1.53 bits per heavy atom. The quantitative estimate of drug-likeness (QED) is 0.838. The first-order valence-electron chi connectivity index (χ1n) is 5.97. The van der Waals surface area contributed by atoms with Crippen LogP contribution in [0.5, 0.6) is 0 Å². The lowest BCUT2D eigenvalue weighted by atomic mass is 9.94. The first-order valence-corrected chi connectivity index (χ1v) is 5.97. The second-order valence-electron chi connectivity index (χ2n) is 4.88. The van der Waals surface area contributed by atoms with Gasteiger partial charge in [-0.15, -0.1) is 0 Å². The van der Waals surface area contributed by atoms with Gasteiger partial charge in [0.2, 0.25) is 0 Å². The summed E-state index contributed by atoms with van der Waals surface area (Å²) in [5, 5.41) is 9.18. The van der Waals surface area contributed by atoms with E-state index in [0.29, 0.717) is 12.2 Å². The van der Waals surface area contributed by atoms with E-state index in [0.717, 1.165) is 5.56 Å². The molecule has 1 aliphatic rings. The average molecular weight is 238 g/mol. The van der Waals surface area contributed by atoms with Gasteiger partial charge in [0.1, 0.15) is 5.82 Å². The van der Waals surface area contributed by atoms with Crippen LogP contribution in [0.15, 0.2) is 18.2 Å². The van der Waals surface area contributed by atoms with Gasteiger partial charge in [0.15, 0.2) is 0 Å². The van der Waals surface area contributed by atoms with Crippen LogP contribution in [0.4, 0.5) is 10.1 Å². The largest absolute Gasteiger partial charge is 0.395 e. The molecule has 0 aliphatic carbocycles. The molecule has 1 heterocycles. The molecule has 3 N–H and O–H groups in total. The zero-order valence-corrected chi connectivity index (χ0v) is 10.2. The van der Waals surface area contributed by atoms with Crippen LogP contribution in [0.3, 0.4) is 0 Å². The molecule has 2 rings (SSSR count). The Morgan fingerprint density at radius 2 is 2.24 bits per heavy atom. The highest BCUT2D eigenvalue weighted by Crippen LogP contribution is 2.40. The molecule has 0 radical (unpaired) electrons. The zero-order chi connectivity index (χ0) is 12.6. The minimum Gasteiger partial charge on any atom is -0.395 e. The van der Waals surface area contributed by atoms with E-state index in [1.54, 1.807) is 6.07 Å². The van der Waals surface area contributed by atoms with Gasteiger partial charge in [-0.05, 0) is 25.5 Å². The van der Waals surface area contributed by atoms with Gasteiger partial charge in [-0.3, -0.25) is 0 Å². The van der Waals surface area contributed by atoms with Gasteiger partial charge in [0.05, 0.1) is 12.3 Å². The third-order valence-corrected chi connectivity index (χ3v) is 3.45. The average Bonchev–Trinajstić information content (AvgIpc) is 2.69. The maximum absolute atomic E-state index is 13.9. The fourth-order valence-corrected chi connectivity index (χ4v) is 2.50. The van der Waals surface area contributed by atoms with Crippen molar-refractivity contribution in [2.45, 2.75) is 31.8 Å². The van der Waals surface area contributed by atoms with Crippen molar-refractivity contribution in [3.63, 3.8) is 0 Å². The number of halogens is 1. The lowest BCUT2D eigenvalue weighted by molar-refractivity contribution is 0.251. The number of fused-ring (bicyclic) bond motifs is 1. The molecule has 2 atom stereocenters. The molecule has 94 valence electrons. The number of benzene rings is 1. The Hall–Kier alpha value is -1.13. The molecule has 3 nitrogen and oxygen atoms in total. The van der Waals surface area contributed by atoms with Crippen molar-refractivity contribution in [1.29, 1.82) is 0 Å². The maximum Gasteiger partial charge on any atom is 0.146 e. The molecule has 1 aromatic rings. The highest BCUT2D eigenvalue weighted by atomic mass is 19.1. The van der Waals surface area contributed by atoms with Crippen LogP contribution in [0.1, 0.15) is 25.3 Å². The minimum atomic E-state index is -0.334. The van der Waals surface area contributed by atoms with Crippen LogP contribution in [0.25, 0.3) is 0 Å². The number of rotatable bonds is 3. The number of nitrogens with zero attached hydrogens (tertiary/aromatic N) is 1. The van der Waals surface area contributed by atoms with Gasteiger partial charge in [-0.1, -0.05) is 12.1 Å². The Bertz CT molecular complexity index is 408. The van der Waals surface area contributed by atoms with Crippen molar-refractivity contribution in [1.82, 2.24) is 0 Å². The first-order chi connectivity index (χ1) is 8.06. The van der Waals surface area contributed by atoms with E-state index in [9.17, 15) is 9.50 Å². The van der Waals surface area contributed by atoms with E-state index in [1.165, 1.54) is 6.07 Å². The number of aliphatic hydroxyl groups is 1. The van der Waals surface area contributed by atoms with E-state index in [-0.39, 0.29) is 30.4 Å². The summed E-state index contributed by atoms with van der Waals surface area (Å²) in [5.74, 6) is -0.197. The van der Waals surface area contributed by atoms with Crippen LogP contribution in [0, 0.1) is 5.82 Å². The van der Waals surface area contributed by atoms with Gasteiger partial charge in [0, 0.05) is 24.5 Å². The Labute approximate surface area is 101 Å². The summed E-state index contributed by atoms with van der Waals surface area (Å²) in [7, 11) is 0. The number of aliphatic hydroxyl groups excluding tert-OH is 1. The maximum atomic E-state index is 13.9.